The molecular formula is C45H52N10O5S. The van der Waals surface area contributed by atoms with Gasteiger partial charge < -0.3 is 35.5 Å². The molecule has 4 atom stereocenters. The van der Waals surface area contributed by atoms with Crippen LogP contribution in [0.25, 0.3) is 50.0 Å². The molecule has 6 aromatic rings. The van der Waals surface area contributed by atoms with Crippen LogP contribution in [0.3, 0.4) is 0 Å². The van der Waals surface area contributed by atoms with E-state index in [9.17, 15) is 24.3 Å². The summed E-state index contributed by atoms with van der Waals surface area (Å²) in [6.07, 6.45) is 8.94. The Labute approximate surface area is 358 Å². The summed E-state index contributed by atoms with van der Waals surface area (Å²) in [7, 11) is 0. The first-order valence-electron chi connectivity index (χ1n) is 21.0. The number of fused-ring (bicyclic) bond motifs is 1. The molecule has 4 aromatic heterocycles. The zero-order chi connectivity index (χ0) is 42.9. The van der Waals surface area contributed by atoms with Crippen molar-refractivity contribution in [1.82, 2.24) is 49.8 Å². The van der Waals surface area contributed by atoms with Crippen LogP contribution >= 0.6 is 11.3 Å². The highest BCUT2D eigenvalue weighted by Gasteiger charge is 2.38. The molecule has 0 radical (unpaired) electrons. The fourth-order valence-electron chi connectivity index (χ4n) is 8.53. The maximum atomic E-state index is 13.6. The summed E-state index contributed by atoms with van der Waals surface area (Å²) in [6, 6.07) is 14.8. The van der Waals surface area contributed by atoms with Gasteiger partial charge >= 0.3 is 0 Å². The average molecular weight is 845 g/mol. The highest BCUT2D eigenvalue weighted by atomic mass is 32.1. The predicted octanol–water partition coefficient (Wildman–Crippen LogP) is 6.13. The summed E-state index contributed by atoms with van der Waals surface area (Å²) >= 11 is 1.58. The largest absolute Gasteiger partial charge is 0.387 e. The first-order valence-corrected chi connectivity index (χ1v) is 21.8. The molecule has 2 aliphatic heterocycles. The second kappa shape index (κ2) is 17.5. The number of likely N-dealkylation sites (tertiary alicyclic amines) is 2. The van der Waals surface area contributed by atoms with E-state index in [0.717, 1.165) is 81.5 Å². The average Bonchev–Trinajstić information content (AvgIpc) is 4.11. The van der Waals surface area contributed by atoms with Crippen molar-refractivity contribution in [3.05, 3.63) is 84.2 Å². The molecule has 2 unspecified atom stereocenters. The second-order valence-electron chi connectivity index (χ2n) is 16.7. The third-order valence-electron chi connectivity index (χ3n) is 11.8. The van der Waals surface area contributed by atoms with Crippen LogP contribution in [-0.4, -0.2) is 99.6 Å². The number of imidazole rings is 3. The van der Waals surface area contributed by atoms with E-state index in [1.54, 1.807) is 22.4 Å². The van der Waals surface area contributed by atoms with Gasteiger partial charge in [-0.1, -0.05) is 76.2 Å². The number of aliphatic hydroxyl groups is 1. The molecule has 15 nitrogen and oxygen atoms in total. The van der Waals surface area contributed by atoms with Crippen LogP contribution in [0.5, 0.6) is 0 Å². The van der Waals surface area contributed by atoms with Gasteiger partial charge in [0.15, 0.2) is 4.96 Å². The molecule has 2 aromatic carbocycles. The predicted molar refractivity (Wildman–Crippen MR) is 233 cm³/mol. The minimum atomic E-state index is -0.726. The number of carbonyl (C=O) groups excluding carboxylic acids is 4. The number of H-pyrrole nitrogens is 2. The highest BCUT2D eigenvalue weighted by Crippen LogP contribution is 2.36. The molecule has 2 aliphatic rings. The highest BCUT2D eigenvalue weighted by molar-refractivity contribution is 7.15. The van der Waals surface area contributed by atoms with Gasteiger partial charge in [-0.05, 0) is 54.2 Å². The smallest absolute Gasteiger partial charge is 0.246 e. The molecule has 0 spiro atoms. The fourth-order valence-corrected chi connectivity index (χ4v) is 9.41. The van der Waals surface area contributed by atoms with Gasteiger partial charge in [-0.2, -0.15) is 0 Å². The Kier molecular flexibility index (Phi) is 11.9. The van der Waals surface area contributed by atoms with Crippen molar-refractivity contribution in [3.8, 4) is 45.0 Å². The van der Waals surface area contributed by atoms with Crippen molar-refractivity contribution < 1.29 is 24.3 Å². The minimum absolute atomic E-state index is 0.0324. The lowest BCUT2D eigenvalue weighted by Gasteiger charge is -2.30. The molecule has 61 heavy (non-hydrogen) atoms. The molecule has 8 rings (SSSR count). The van der Waals surface area contributed by atoms with Crippen LogP contribution in [0.1, 0.15) is 84.0 Å². The third-order valence-corrected chi connectivity index (χ3v) is 12.6. The van der Waals surface area contributed by atoms with Crippen molar-refractivity contribution in [2.24, 2.45) is 11.8 Å². The maximum absolute atomic E-state index is 13.6. The molecule has 4 amide bonds. The van der Waals surface area contributed by atoms with Crippen LogP contribution in [-0.2, 0) is 19.2 Å². The van der Waals surface area contributed by atoms with Gasteiger partial charge in [-0.25, -0.2) is 15.0 Å². The van der Waals surface area contributed by atoms with E-state index in [1.165, 1.54) is 6.92 Å². The number of aromatic amines is 2. The standard InChI is InChI=1S/C45H52N10O5S/c1-25(2)39(48-27(5)57)43(59)53-18-6-8-35(53)41-47-21-33(50-41)29-14-16-31(17-15-29)37-24-61-45-51-34(22-55(37)45)30-12-10-28(11-13-30)32-20-46-42(49-32)36-9-7-19-54(36)44(60)40(26(3)4)52-38(58)23-56/h10-17,20-22,24-26,35-36,39-40,56H,6-9,18-19,23H2,1-5H3,(H,46,49)(H,47,50)(H,48,57)(H,52,58)/t35?,36-,39?,40-/m0/s1. The summed E-state index contributed by atoms with van der Waals surface area (Å²) in [6.45, 7) is 9.61. The molecular weight excluding hydrogens is 793 g/mol. The monoisotopic (exact) mass is 844 g/mol. The van der Waals surface area contributed by atoms with Gasteiger partial charge in [0.05, 0.1) is 47.3 Å². The van der Waals surface area contributed by atoms with Gasteiger partial charge in [0.1, 0.15) is 30.3 Å². The van der Waals surface area contributed by atoms with Crippen molar-refractivity contribution >= 4 is 39.9 Å². The molecule has 0 saturated carbocycles. The van der Waals surface area contributed by atoms with Gasteiger partial charge in [0.25, 0.3) is 0 Å². The molecule has 6 heterocycles. The van der Waals surface area contributed by atoms with Gasteiger partial charge in [0.2, 0.25) is 23.6 Å². The lowest BCUT2D eigenvalue weighted by Crippen LogP contribution is -2.51. The Balaban J connectivity index is 0.938. The fraction of sp³-hybridized carbons (Fsp3) is 0.400. The molecule has 2 saturated heterocycles. The number of hydrogen-bond acceptors (Lipinski definition) is 9. The normalized spacial score (nSPS) is 17.7. The van der Waals surface area contributed by atoms with Crippen molar-refractivity contribution in [2.75, 3.05) is 19.7 Å². The van der Waals surface area contributed by atoms with E-state index < -0.39 is 24.6 Å². The van der Waals surface area contributed by atoms with Crippen molar-refractivity contribution in [3.63, 3.8) is 0 Å². The summed E-state index contributed by atoms with van der Waals surface area (Å²) in [5.74, 6) is 0.249. The third kappa shape index (κ3) is 8.46. The van der Waals surface area contributed by atoms with Crippen LogP contribution in [0.15, 0.2) is 72.5 Å². The molecule has 16 heteroatoms. The Morgan fingerprint density at radius 3 is 1.74 bits per heavy atom. The summed E-state index contributed by atoms with van der Waals surface area (Å²) in [4.78, 5) is 76.6. The van der Waals surface area contributed by atoms with E-state index >= 15 is 0 Å². The van der Waals surface area contributed by atoms with Gasteiger partial charge in [-0.3, -0.25) is 23.6 Å². The molecule has 0 aliphatic carbocycles. The molecule has 2 fully saturated rings. The number of aromatic nitrogens is 6. The number of thiazole rings is 1. The minimum Gasteiger partial charge on any atom is -0.387 e. The summed E-state index contributed by atoms with van der Waals surface area (Å²) in [5.41, 5.74) is 7.56. The van der Waals surface area contributed by atoms with E-state index in [0.29, 0.717) is 18.9 Å². The number of carbonyl (C=O) groups is 4. The van der Waals surface area contributed by atoms with Crippen molar-refractivity contribution in [1.29, 1.82) is 0 Å². The topological polar surface area (TPSA) is 194 Å². The molecule has 5 N–H and O–H groups in total. The number of benzene rings is 2. The summed E-state index contributed by atoms with van der Waals surface area (Å²) < 4.78 is 2.11. The van der Waals surface area contributed by atoms with Crippen LogP contribution in [0, 0.1) is 11.8 Å². The van der Waals surface area contributed by atoms with Gasteiger partial charge in [0, 0.05) is 37.2 Å². The summed E-state index contributed by atoms with van der Waals surface area (Å²) in [5, 5.41) is 16.9. The lowest BCUT2D eigenvalue weighted by molar-refractivity contribution is -0.139. The number of amides is 4. The van der Waals surface area contributed by atoms with Crippen LogP contribution < -0.4 is 10.6 Å². The zero-order valence-corrected chi connectivity index (χ0v) is 35.8. The number of rotatable bonds is 13. The number of nitrogens with one attached hydrogen (secondary N) is 4. The van der Waals surface area contributed by atoms with Gasteiger partial charge in [-0.15, -0.1) is 11.3 Å². The maximum Gasteiger partial charge on any atom is 0.246 e. The zero-order valence-electron chi connectivity index (χ0n) is 35.0. The number of nitrogens with zero attached hydrogens (tertiary/aromatic N) is 6. The SMILES string of the molecule is CC(=O)NC(C(=O)N1CCCC1c1ncc(-c2ccc(-c3csc4nc(-c5ccc(-c6cnc([C@@H]7CCCN7C(=O)[C@@H](NC(=O)CO)C(C)C)[nH]6)cc5)cn34)cc2)[nH]1)C(C)C. The van der Waals surface area contributed by atoms with Crippen LogP contribution in [0.4, 0.5) is 0 Å². The van der Waals surface area contributed by atoms with E-state index in [2.05, 4.69) is 65.8 Å². The van der Waals surface area contributed by atoms with Crippen molar-refractivity contribution in [2.45, 2.75) is 84.5 Å². The molecule has 318 valence electrons. The Bertz CT molecular complexity index is 2530. The quantitative estimate of drug-likeness (QED) is 0.0916. The first-order chi connectivity index (χ1) is 29.4. The first kappa shape index (κ1) is 41.6. The lowest BCUT2D eigenvalue weighted by atomic mass is 10.0. The Morgan fingerprint density at radius 1 is 0.754 bits per heavy atom. The van der Waals surface area contributed by atoms with E-state index in [1.807, 2.05) is 63.1 Å². The Hall–Kier alpha value is -6.13. The van der Waals surface area contributed by atoms with E-state index in [4.69, 9.17) is 9.97 Å². The Morgan fingerprint density at radius 2 is 1.25 bits per heavy atom. The van der Waals surface area contributed by atoms with Crippen LogP contribution in [0.2, 0.25) is 0 Å². The number of aliphatic hydroxyl groups excluding tert-OH is 1. The molecule has 0 bridgehead atoms. The van der Waals surface area contributed by atoms with E-state index in [-0.39, 0.29) is 41.6 Å². The number of hydrogen-bond donors (Lipinski definition) is 5. The second-order valence-corrected chi connectivity index (χ2v) is 17.5.